The third-order valence-corrected chi connectivity index (χ3v) is 2.67. The maximum absolute atomic E-state index is 9.75. The van der Waals surface area contributed by atoms with Crippen molar-refractivity contribution in [1.29, 1.82) is 0 Å². The average molecular weight is 424 g/mol. The summed E-state index contributed by atoms with van der Waals surface area (Å²) in [6.45, 7) is 0. The van der Waals surface area contributed by atoms with Gasteiger partial charge in [0.2, 0.25) is 0 Å². The van der Waals surface area contributed by atoms with Gasteiger partial charge in [0.15, 0.2) is 0 Å². The fourth-order valence-electron chi connectivity index (χ4n) is 1.71. The normalized spacial score (nSPS) is 22.1. The molecular weight excluding hydrogens is 398 g/mol. The monoisotopic (exact) mass is 424 g/mol. The van der Waals surface area contributed by atoms with E-state index in [1.54, 1.807) is 0 Å². The second-order valence-corrected chi connectivity index (χ2v) is 4.69. The van der Waals surface area contributed by atoms with Gasteiger partial charge in [-0.1, -0.05) is 48.6 Å². The molecule has 0 bridgehead atoms. The van der Waals surface area contributed by atoms with Crippen LogP contribution in [-0.2, 0) is 19.5 Å². The summed E-state index contributed by atoms with van der Waals surface area (Å²) >= 11 is 0. The zero-order valence-electron chi connectivity index (χ0n) is 13.2. The van der Waals surface area contributed by atoms with Gasteiger partial charge in [0.25, 0.3) is 0 Å². The van der Waals surface area contributed by atoms with Crippen molar-refractivity contribution in [3.05, 3.63) is 48.6 Å². The molecule has 2 N–H and O–H groups in total. The number of hydrogen-bond acceptors (Lipinski definition) is 0. The molecule has 0 atom stereocenters. The summed E-state index contributed by atoms with van der Waals surface area (Å²) in [6, 6.07) is 0. The third-order valence-electron chi connectivity index (χ3n) is 2.67. The summed E-state index contributed by atoms with van der Waals surface area (Å²) in [5.41, 5.74) is 0. The van der Waals surface area contributed by atoms with Crippen LogP contribution in [0.2, 0.25) is 0 Å². The van der Waals surface area contributed by atoms with E-state index in [0.29, 0.717) is 0 Å². The zero-order chi connectivity index (χ0) is 15.8. The molecule has 0 spiro atoms. The van der Waals surface area contributed by atoms with E-state index in [2.05, 4.69) is 48.6 Å². The summed E-state index contributed by atoms with van der Waals surface area (Å²) < 4.78 is 39.0. The van der Waals surface area contributed by atoms with E-state index in [-0.39, 0.29) is 25.0 Å². The van der Waals surface area contributed by atoms with Gasteiger partial charge in [-0.25, -0.2) is 0 Å². The van der Waals surface area contributed by atoms with Gasteiger partial charge in [-0.15, -0.1) is 0 Å². The van der Waals surface area contributed by atoms with E-state index in [4.69, 9.17) is 0 Å². The largest absolute Gasteiger partial charge is 0.673 e. The van der Waals surface area contributed by atoms with Crippen LogP contribution in [0, 0.1) is 0 Å². The Bertz CT molecular complexity index is 266. The molecule has 0 heterocycles. The van der Waals surface area contributed by atoms with Crippen molar-refractivity contribution in [3.8, 4) is 0 Å². The minimum atomic E-state index is -6.00. The van der Waals surface area contributed by atoms with Crippen molar-refractivity contribution < 1.29 is 42.2 Å². The molecule has 2 aliphatic rings. The SMILES string of the molecule is C1=C\CC/C=C\CC/1.C1=C\CC/C=C\CC/1.F[B-](F)(F)F.O.[Rh]. The van der Waals surface area contributed by atoms with Crippen LogP contribution in [0.15, 0.2) is 48.6 Å². The van der Waals surface area contributed by atoms with Gasteiger partial charge in [-0.3, -0.25) is 0 Å². The predicted molar refractivity (Wildman–Crippen MR) is 87.3 cm³/mol. The molecule has 1 radical (unpaired) electrons. The van der Waals surface area contributed by atoms with Crippen LogP contribution in [0.4, 0.5) is 17.3 Å². The number of hydrogen-bond donors (Lipinski definition) is 0. The van der Waals surface area contributed by atoms with E-state index >= 15 is 0 Å². The van der Waals surface area contributed by atoms with Gasteiger partial charge in [0.1, 0.15) is 0 Å². The average Bonchev–Trinajstić information content (AvgIpc) is 2.24. The summed E-state index contributed by atoms with van der Waals surface area (Å²) in [5.74, 6) is 0. The van der Waals surface area contributed by atoms with Gasteiger partial charge in [0.05, 0.1) is 0 Å². The van der Waals surface area contributed by atoms with Crippen LogP contribution in [0.25, 0.3) is 0 Å². The van der Waals surface area contributed by atoms with Gasteiger partial charge < -0.3 is 22.7 Å². The minimum Gasteiger partial charge on any atom is -0.418 e. The molecule has 2 rings (SSSR count). The first-order valence-corrected chi connectivity index (χ1v) is 7.47. The quantitative estimate of drug-likeness (QED) is 0.267. The molecule has 0 saturated carbocycles. The van der Waals surface area contributed by atoms with Gasteiger partial charge in [-0.2, -0.15) is 0 Å². The summed E-state index contributed by atoms with van der Waals surface area (Å²) in [4.78, 5) is 0. The van der Waals surface area contributed by atoms with E-state index in [9.17, 15) is 17.3 Å². The molecule has 23 heavy (non-hydrogen) atoms. The molecule has 0 saturated heterocycles. The maximum atomic E-state index is 9.75. The summed E-state index contributed by atoms with van der Waals surface area (Å²) in [5, 5.41) is 0. The van der Waals surface area contributed by atoms with Crippen molar-refractivity contribution in [3.63, 3.8) is 0 Å². The summed E-state index contributed by atoms with van der Waals surface area (Å²) in [7, 11) is -6.00. The zero-order valence-corrected chi connectivity index (χ0v) is 14.8. The number of rotatable bonds is 0. The topological polar surface area (TPSA) is 31.5 Å². The van der Waals surface area contributed by atoms with E-state index in [1.165, 1.54) is 51.4 Å². The molecule has 0 amide bonds. The Morgan fingerprint density at radius 3 is 0.609 bits per heavy atom. The molecule has 0 aromatic heterocycles. The van der Waals surface area contributed by atoms with Crippen LogP contribution in [0.5, 0.6) is 0 Å². The van der Waals surface area contributed by atoms with E-state index in [1.807, 2.05) is 0 Å². The minimum absolute atomic E-state index is 0. The fraction of sp³-hybridized carbons (Fsp3) is 0.500. The first-order valence-electron chi connectivity index (χ1n) is 7.47. The second kappa shape index (κ2) is 19.4. The van der Waals surface area contributed by atoms with Crippen molar-refractivity contribution in [2.24, 2.45) is 0 Å². The van der Waals surface area contributed by atoms with Crippen LogP contribution in [-0.4, -0.2) is 12.7 Å². The Morgan fingerprint density at radius 2 is 0.522 bits per heavy atom. The van der Waals surface area contributed by atoms with Crippen molar-refractivity contribution in [2.45, 2.75) is 51.4 Å². The molecule has 2 aliphatic carbocycles. The standard InChI is InChI=1S/2C8H12.BF4.H2O.Rh/c2*1-2-4-6-8-7-5-3-1;2-1(3,4)5;;/h2*1-2,7-8H,3-6H2;;1H2;/q;;-1;;/b2*2-1-,8-7-;;;. The van der Waals surface area contributed by atoms with Gasteiger partial charge in [0, 0.05) is 19.5 Å². The Morgan fingerprint density at radius 1 is 0.435 bits per heavy atom. The molecule has 7 heteroatoms. The van der Waals surface area contributed by atoms with Gasteiger partial charge in [-0.05, 0) is 51.4 Å². The first kappa shape index (κ1) is 27.2. The maximum Gasteiger partial charge on any atom is 0.673 e. The van der Waals surface area contributed by atoms with Crippen molar-refractivity contribution >= 4 is 7.25 Å². The van der Waals surface area contributed by atoms with Crippen LogP contribution in [0.1, 0.15) is 51.4 Å². The number of halogens is 4. The molecule has 137 valence electrons. The summed E-state index contributed by atoms with van der Waals surface area (Å²) in [6.07, 6.45) is 28.0. The molecule has 0 aromatic carbocycles. The van der Waals surface area contributed by atoms with E-state index in [0.717, 1.165) is 0 Å². The predicted octanol–water partition coefficient (Wildman–Crippen LogP) is 5.82. The Labute approximate surface area is 149 Å². The van der Waals surface area contributed by atoms with E-state index < -0.39 is 7.25 Å². The molecular formula is C16H26BF4ORh-. The fourth-order valence-corrected chi connectivity index (χ4v) is 1.71. The van der Waals surface area contributed by atoms with Crippen LogP contribution in [0.3, 0.4) is 0 Å². The van der Waals surface area contributed by atoms with Crippen LogP contribution >= 0.6 is 0 Å². The Balaban J connectivity index is -0.000000258. The second-order valence-electron chi connectivity index (χ2n) is 4.69. The van der Waals surface area contributed by atoms with Gasteiger partial charge >= 0.3 is 7.25 Å². The van der Waals surface area contributed by atoms with Crippen LogP contribution < -0.4 is 0 Å². The van der Waals surface area contributed by atoms with Crippen molar-refractivity contribution in [2.75, 3.05) is 0 Å². The molecule has 0 aromatic rings. The molecule has 0 aliphatic heterocycles. The Hall–Kier alpha value is -0.672. The molecule has 1 nitrogen and oxygen atoms in total. The molecule has 0 unspecified atom stereocenters. The molecule has 0 fully saturated rings. The smallest absolute Gasteiger partial charge is 0.418 e. The Kier molecular flexibility index (Phi) is 22.9. The first-order chi connectivity index (χ1) is 10.0. The number of allylic oxidation sites excluding steroid dienone is 8. The third kappa shape index (κ3) is 33.9. The van der Waals surface area contributed by atoms with Crippen molar-refractivity contribution in [1.82, 2.24) is 0 Å².